The highest BCUT2D eigenvalue weighted by molar-refractivity contribution is 6.03. The first-order chi connectivity index (χ1) is 34.0. The molecule has 3 aliphatic rings. The predicted octanol–water partition coefficient (Wildman–Crippen LogP) is 9.46. The zero-order valence-corrected chi connectivity index (χ0v) is 39.4. The van der Waals surface area contributed by atoms with Crippen LogP contribution in [0.3, 0.4) is 0 Å². The largest absolute Gasteiger partial charge is 0.497 e. The van der Waals surface area contributed by atoms with E-state index in [0.717, 1.165) is 5.57 Å². The molecule has 0 saturated heterocycles. The number of nitrogens with one attached hydrogen (secondary N) is 1. The van der Waals surface area contributed by atoms with Crippen LogP contribution in [-0.2, 0) is 27.5 Å². The minimum Gasteiger partial charge on any atom is -0.497 e. The summed E-state index contributed by atoms with van der Waals surface area (Å²) < 4.78 is 50.8. The highest BCUT2D eigenvalue weighted by Gasteiger charge is 2.65. The van der Waals surface area contributed by atoms with E-state index in [9.17, 15) is 34.3 Å². The van der Waals surface area contributed by atoms with Crippen LogP contribution in [-0.4, -0.2) is 90.9 Å². The number of hydrogen-bond donors (Lipinski definition) is 3. The number of fused-ring (bicyclic) bond motifs is 2. The van der Waals surface area contributed by atoms with Crippen molar-refractivity contribution in [1.29, 1.82) is 0 Å². The summed E-state index contributed by atoms with van der Waals surface area (Å²) in [5, 5.41) is 38.9. The number of non-ortho nitro benzene ring substituents is 1. The Kier molecular flexibility index (Phi) is 17.1. The standard InChI is InChI=1S/C52H59FN4O13/c1-5-26-67-52-47(56(51(61)66-4)31-33-12-16-36(53)17-13-33)30-44(55-68-32-34-14-18-37(19-15-34)57(62)63)41-27-35(10-6-8-24-58)40(11-7-9-25-59)48(49(41)52)42-28-39(21-23-45(42)70-52)69-50(60)54-43-22-20-38(64-2)29-46(43)65-3/h5,12-23,27-29,35,40,47-49,58-59H,1,6-11,24-26,30-32H2,2-4H3,(H,54,60)/t35-,40+,47-,48+,49+,52+/m0/s1. The lowest BCUT2D eigenvalue weighted by Gasteiger charge is -2.59. The molecule has 18 heteroatoms. The summed E-state index contributed by atoms with van der Waals surface area (Å²) in [7, 11) is 4.26. The molecule has 1 fully saturated rings. The molecule has 7 rings (SSSR count). The third kappa shape index (κ3) is 11.4. The van der Waals surface area contributed by atoms with Crippen LogP contribution >= 0.6 is 0 Å². The number of halogens is 1. The molecule has 0 spiro atoms. The van der Waals surface area contributed by atoms with Gasteiger partial charge in [-0.3, -0.25) is 20.3 Å². The maximum atomic E-state index is 14.3. The maximum Gasteiger partial charge on any atom is 0.417 e. The summed E-state index contributed by atoms with van der Waals surface area (Å²) >= 11 is 0. The molecule has 17 nitrogen and oxygen atoms in total. The molecule has 1 aliphatic heterocycles. The third-order valence-corrected chi connectivity index (χ3v) is 13.1. The van der Waals surface area contributed by atoms with Gasteiger partial charge >= 0.3 is 12.2 Å². The van der Waals surface area contributed by atoms with Crippen molar-refractivity contribution in [2.75, 3.05) is 46.5 Å². The van der Waals surface area contributed by atoms with Gasteiger partial charge in [0.25, 0.3) is 5.69 Å². The van der Waals surface area contributed by atoms with E-state index in [1.54, 1.807) is 66.7 Å². The molecular weight excluding hydrogens is 908 g/mol. The number of nitro benzene ring substituents is 1. The van der Waals surface area contributed by atoms with Gasteiger partial charge in [-0.2, -0.15) is 0 Å². The average molecular weight is 967 g/mol. The van der Waals surface area contributed by atoms with Crippen LogP contribution in [0.1, 0.15) is 67.6 Å². The highest BCUT2D eigenvalue weighted by atomic mass is 19.1. The van der Waals surface area contributed by atoms with Crippen molar-refractivity contribution in [3.63, 3.8) is 0 Å². The first-order valence-electron chi connectivity index (χ1n) is 23.2. The summed E-state index contributed by atoms with van der Waals surface area (Å²) in [6.45, 7) is 3.85. The summed E-state index contributed by atoms with van der Waals surface area (Å²) in [6.07, 6.45) is 6.04. The number of carbonyl (C=O) groups excluding carboxylic acids is 2. The normalized spacial score (nSPS) is 21.5. The van der Waals surface area contributed by atoms with Crippen molar-refractivity contribution < 1.29 is 62.4 Å². The van der Waals surface area contributed by atoms with E-state index in [4.69, 9.17) is 38.4 Å². The van der Waals surface area contributed by atoms with Crippen molar-refractivity contribution >= 4 is 29.3 Å². The number of benzene rings is 4. The monoisotopic (exact) mass is 966 g/mol. The lowest BCUT2D eigenvalue weighted by molar-refractivity contribution is -0.384. The van der Waals surface area contributed by atoms with Crippen LogP contribution < -0.4 is 24.3 Å². The molecule has 6 atom stereocenters. The molecule has 0 aromatic heterocycles. The van der Waals surface area contributed by atoms with E-state index in [1.165, 1.54) is 50.5 Å². The average Bonchev–Trinajstić information content (AvgIpc) is 3.37. The number of oxime groups is 1. The van der Waals surface area contributed by atoms with Crippen molar-refractivity contribution in [3.05, 3.63) is 142 Å². The first-order valence-corrected chi connectivity index (χ1v) is 23.2. The van der Waals surface area contributed by atoms with Crippen LogP contribution in [0, 0.1) is 33.7 Å². The number of methoxy groups -OCH3 is 3. The van der Waals surface area contributed by atoms with Crippen molar-refractivity contribution in [2.24, 2.45) is 22.9 Å². The number of aliphatic hydroxyl groups excluding tert-OH is 2. The molecule has 70 heavy (non-hydrogen) atoms. The van der Waals surface area contributed by atoms with E-state index < -0.39 is 46.6 Å². The zero-order valence-electron chi connectivity index (χ0n) is 39.4. The van der Waals surface area contributed by atoms with E-state index in [2.05, 4.69) is 18.0 Å². The van der Waals surface area contributed by atoms with Crippen LogP contribution in [0.2, 0.25) is 0 Å². The molecule has 0 bridgehead atoms. The van der Waals surface area contributed by atoms with Gasteiger partial charge in [0, 0.05) is 55.9 Å². The third-order valence-electron chi connectivity index (χ3n) is 13.1. The number of aliphatic hydroxyl groups is 2. The minimum atomic E-state index is -1.67. The van der Waals surface area contributed by atoms with Gasteiger partial charge in [-0.05, 0) is 109 Å². The Morgan fingerprint density at radius 1 is 0.943 bits per heavy atom. The van der Waals surface area contributed by atoms with E-state index >= 15 is 0 Å². The second-order valence-electron chi connectivity index (χ2n) is 17.3. The number of nitro groups is 1. The maximum absolute atomic E-state index is 14.3. The van der Waals surface area contributed by atoms with E-state index in [-0.39, 0.29) is 62.7 Å². The second kappa shape index (κ2) is 23.5. The molecule has 2 amide bonds. The first kappa shape index (κ1) is 50.8. The molecule has 3 N–H and O–H groups in total. The lowest BCUT2D eigenvalue weighted by Crippen LogP contribution is -2.70. The van der Waals surface area contributed by atoms with Crippen molar-refractivity contribution in [3.8, 4) is 23.0 Å². The zero-order chi connectivity index (χ0) is 49.8. The van der Waals surface area contributed by atoms with Gasteiger partial charge in [0.15, 0.2) is 0 Å². The fourth-order valence-electron chi connectivity index (χ4n) is 9.96. The van der Waals surface area contributed by atoms with Gasteiger partial charge in [0.1, 0.15) is 41.5 Å². The smallest absolute Gasteiger partial charge is 0.417 e. The Morgan fingerprint density at radius 3 is 2.33 bits per heavy atom. The van der Waals surface area contributed by atoms with Gasteiger partial charge in [-0.25, -0.2) is 14.0 Å². The predicted molar refractivity (Wildman–Crippen MR) is 256 cm³/mol. The number of anilines is 1. The van der Waals surface area contributed by atoms with Crippen LogP contribution in [0.5, 0.6) is 23.0 Å². The van der Waals surface area contributed by atoms with Gasteiger partial charge < -0.3 is 43.5 Å². The van der Waals surface area contributed by atoms with E-state index in [0.29, 0.717) is 83.9 Å². The SMILES string of the molecule is C=CCO[C@@]12Oc3ccc(OC(=O)Nc4ccc(OC)cc4OC)cc3[C@H]3[C@H](CCCCO)[C@@H](CCCCO)C=C(C(=NOCc4ccc([N+](=O)[O-])cc4)C[C@@H]1N(Cc1ccc(F)cc1)C(=O)OC)[C@H]32. The molecule has 4 aromatic rings. The fraction of sp³-hybridized carbons (Fsp3) is 0.404. The Labute approximate surface area is 405 Å². The van der Waals surface area contributed by atoms with Crippen molar-refractivity contribution in [1.82, 2.24) is 4.90 Å². The Hall–Kier alpha value is -7.02. The highest BCUT2D eigenvalue weighted by Crippen LogP contribution is 2.62. The van der Waals surface area contributed by atoms with Gasteiger partial charge in [-0.1, -0.05) is 42.3 Å². The summed E-state index contributed by atoms with van der Waals surface area (Å²) in [6, 6.07) is 20.7. The van der Waals surface area contributed by atoms with E-state index in [1.807, 2.05) is 0 Å². The molecule has 0 unspecified atom stereocenters. The summed E-state index contributed by atoms with van der Waals surface area (Å²) in [5.41, 5.74) is 3.38. The molecular formula is C52H59FN4O13. The quantitative estimate of drug-likeness (QED) is 0.0290. The lowest BCUT2D eigenvalue weighted by atomic mass is 9.55. The summed E-state index contributed by atoms with van der Waals surface area (Å²) in [5.74, 6) is -2.12. The summed E-state index contributed by atoms with van der Waals surface area (Å²) in [4.78, 5) is 46.4. The molecule has 4 aromatic carbocycles. The second-order valence-corrected chi connectivity index (χ2v) is 17.3. The number of carbonyl (C=O) groups is 2. The van der Waals surface area contributed by atoms with Crippen LogP contribution in [0.4, 0.5) is 25.4 Å². The Morgan fingerprint density at radius 2 is 1.66 bits per heavy atom. The Balaban J connectivity index is 1.40. The van der Waals surface area contributed by atoms with Crippen LogP contribution in [0.15, 0.2) is 114 Å². The number of rotatable bonds is 22. The van der Waals surface area contributed by atoms with Crippen LogP contribution in [0.25, 0.3) is 0 Å². The molecule has 2 aliphatic carbocycles. The number of hydrogen-bond acceptors (Lipinski definition) is 14. The molecule has 0 radical (unpaired) electrons. The molecule has 1 saturated carbocycles. The van der Waals surface area contributed by atoms with Gasteiger partial charge in [-0.15, -0.1) is 6.58 Å². The Bertz CT molecular complexity index is 2540. The topological polar surface area (TPSA) is 210 Å². The van der Waals surface area contributed by atoms with Gasteiger partial charge in [0.2, 0.25) is 5.79 Å². The fourth-order valence-corrected chi connectivity index (χ4v) is 9.96. The number of allylic oxidation sites excluding steroid dienone is 1. The van der Waals surface area contributed by atoms with Gasteiger partial charge in [0.05, 0.1) is 50.2 Å². The number of unbranched alkanes of at least 4 members (excludes halogenated alkanes) is 2. The minimum absolute atomic E-state index is 0.00710. The van der Waals surface area contributed by atoms with Crippen molar-refractivity contribution in [2.45, 2.75) is 75.8 Å². The molecule has 1 heterocycles. The number of amides is 2. The molecule has 372 valence electrons. The number of nitrogens with zero attached hydrogens (tertiary/aromatic N) is 3. The number of ether oxygens (including phenoxy) is 6.